The Balaban J connectivity index is 1.57. The van der Waals surface area contributed by atoms with Crippen LogP contribution in [0, 0.1) is 0 Å². The third kappa shape index (κ3) is 4.46. The van der Waals surface area contributed by atoms with Crippen molar-refractivity contribution in [1.82, 2.24) is 14.9 Å². The number of hydrogen-bond donors (Lipinski definition) is 1. The predicted molar refractivity (Wildman–Crippen MR) is 96.2 cm³/mol. The fourth-order valence-corrected chi connectivity index (χ4v) is 2.75. The molecule has 4 nitrogen and oxygen atoms in total. The molecule has 0 aliphatic heterocycles. The summed E-state index contributed by atoms with van der Waals surface area (Å²) in [5.74, 6) is 0.914. The maximum atomic E-state index is 5.48. The summed E-state index contributed by atoms with van der Waals surface area (Å²) in [6, 6.07) is 16.9. The summed E-state index contributed by atoms with van der Waals surface area (Å²) in [6.07, 6.45) is 6.62. The van der Waals surface area contributed by atoms with Gasteiger partial charge < -0.3 is 14.6 Å². The number of ether oxygens (including phenoxy) is 1. The van der Waals surface area contributed by atoms with Gasteiger partial charge in [0.1, 0.15) is 5.75 Å². The minimum atomic E-state index is 0.765. The van der Waals surface area contributed by atoms with E-state index in [2.05, 4.69) is 52.8 Å². The van der Waals surface area contributed by atoms with Gasteiger partial charge in [0.2, 0.25) is 0 Å². The van der Waals surface area contributed by atoms with Crippen molar-refractivity contribution in [1.29, 1.82) is 0 Å². The maximum absolute atomic E-state index is 5.48. The second-order valence-corrected chi connectivity index (χ2v) is 5.79. The first kappa shape index (κ1) is 16.3. The number of aromatic nitrogens is 2. The van der Waals surface area contributed by atoms with Gasteiger partial charge in [-0.25, -0.2) is 4.98 Å². The average molecular weight is 321 g/mol. The lowest BCUT2D eigenvalue weighted by atomic mass is 10.1. The molecule has 3 aromatic rings. The monoisotopic (exact) mass is 321 g/mol. The molecule has 0 spiro atoms. The van der Waals surface area contributed by atoms with Crippen molar-refractivity contribution in [3.63, 3.8) is 0 Å². The van der Waals surface area contributed by atoms with E-state index in [1.165, 1.54) is 11.1 Å². The summed E-state index contributed by atoms with van der Waals surface area (Å²) in [4.78, 5) is 4.10. The summed E-state index contributed by atoms with van der Waals surface area (Å²) in [7, 11) is 1.71. The van der Waals surface area contributed by atoms with Crippen LogP contribution in [-0.2, 0) is 19.5 Å². The van der Waals surface area contributed by atoms with E-state index in [-0.39, 0.29) is 0 Å². The first-order valence-electron chi connectivity index (χ1n) is 8.21. The minimum absolute atomic E-state index is 0.765. The molecule has 0 aliphatic rings. The van der Waals surface area contributed by atoms with Gasteiger partial charge in [-0.3, -0.25) is 0 Å². The number of methoxy groups -OCH3 is 1. The summed E-state index contributed by atoms with van der Waals surface area (Å²) in [6.45, 7) is 2.59. The van der Waals surface area contributed by atoms with Crippen molar-refractivity contribution < 1.29 is 4.74 Å². The van der Waals surface area contributed by atoms with Gasteiger partial charge in [-0.15, -0.1) is 0 Å². The van der Waals surface area contributed by atoms with Crippen LogP contribution in [0.5, 0.6) is 5.75 Å². The van der Waals surface area contributed by atoms with Crippen LogP contribution in [0.3, 0.4) is 0 Å². The zero-order chi connectivity index (χ0) is 16.6. The van der Waals surface area contributed by atoms with E-state index in [0.717, 1.165) is 37.4 Å². The van der Waals surface area contributed by atoms with Gasteiger partial charge in [-0.1, -0.05) is 36.4 Å². The first-order valence-corrected chi connectivity index (χ1v) is 8.21. The Morgan fingerprint density at radius 3 is 2.71 bits per heavy atom. The van der Waals surface area contributed by atoms with E-state index >= 15 is 0 Å². The van der Waals surface area contributed by atoms with E-state index in [9.17, 15) is 0 Å². The summed E-state index contributed by atoms with van der Waals surface area (Å²) in [5.41, 5.74) is 3.79. The highest BCUT2D eigenvalue weighted by Gasteiger charge is 2.05. The van der Waals surface area contributed by atoms with E-state index < -0.39 is 0 Å². The molecule has 0 aliphatic carbocycles. The Bertz CT molecular complexity index is 739. The van der Waals surface area contributed by atoms with Crippen molar-refractivity contribution in [2.24, 2.45) is 0 Å². The smallest absolute Gasteiger partial charge is 0.123 e. The van der Waals surface area contributed by atoms with Gasteiger partial charge in [0.05, 0.1) is 20.0 Å². The predicted octanol–water partition coefficient (Wildman–Crippen LogP) is 3.27. The Labute approximate surface area is 143 Å². The fourth-order valence-electron chi connectivity index (χ4n) is 2.75. The molecule has 2 aromatic carbocycles. The average Bonchev–Trinajstić information content (AvgIpc) is 3.13. The van der Waals surface area contributed by atoms with Crippen molar-refractivity contribution in [2.45, 2.75) is 19.5 Å². The fraction of sp³-hybridized carbons (Fsp3) is 0.250. The van der Waals surface area contributed by atoms with Crippen LogP contribution in [0.1, 0.15) is 16.7 Å². The molecule has 1 heterocycles. The number of hydrogen-bond acceptors (Lipinski definition) is 3. The Morgan fingerprint density at radius 1 is 1.08 bits per heavy atom. The molecule has 3 rings (SSSR count). The minimum Gasteiger partial charge on any atom is -0.496 e. The molecule has 124 valence electrons. The number of benzene rings is 2. The highest BCUT2D eigenvalue weighted by atomic mass is 16.5. The third-order valence-corrected chi connectivity index (χ3v) is 4.02. The molecule has 1 aromatic heterocycles. The number of nitrogens with zero attached hydrogens (tertiary/aromatic N) is 2. The maximum Gasteiger partial charge on any atom is 0.123 e. The van der Waals surface area contributed by atoms with Crippen molar-refractivity contribution in [3.8, 4) is 5.75 Å². The second-order valence-electron chi connectivity index (χ2n) is 5.79. The van der Waals surface area contributed by atoms with Crippen molar-refractivity contribution in [2.75, 3.05) is 13.7 Å². The topological polar surface area (TPSA) is 39.1 Å². The summed E-state index contributed by atoms with van der Waals surface area (Å²) in [5, 5.41) is 3.51. The SMILES string of the molecule is COc1ccc(CNCCc2ccccc2)cc1Cn1ccnc1. The highest BCUT2D eigenvalue weighted by Crippen LogP contribution is 2.21. The lowest BCUT2D eigenvalue weighted by molar-refractivity contribution is 0.408. The van der Waals surface area contributed by atoms with Crippen LogP contribution >= 0.6 is 0 Å². The van der Waals surface area contributed by atoms with Crippen LogP contribution < -0.4 is 10.1 Å². The van der Waals surface area contributed by atoms with Crippen LogP contribution in [0.2, 0.25) is 0 Å². The zero-order valence-electron chi connectivity index (χ0n) is 14.0. The second kappa shape index (κ2) is 8.31. The van der Waals surface area contributed by atoms with Crippen LogP contribution in [0.4, 0.5) is 0 Å². The molecule has 0 fully saturated rings. The summed E-state index contributed by atoms with van der Waals surface area (Å²) < 4.78 is 7.52. The van der Waals surface area contributed by atoms with E-state index in [1.807, 2.05) is 23.2 Å². The van der Waals surface area contributed by atoms with E-state index in [1.54, 1.807) is 13.3 Å². The molecule has 0 bridgehead atoms. The number of rotatable bonds is 8. The van der Waals surface area contributed by atoms with E-state index in [4.69, 9.17) is 4.74 Å². The van der Waals surface area contributed by atoms with E-state index in [0.29, 0.717) is 0 Å². The van der Waals surface area contributed by atoms with Gasteiger partial charge in [0, 0.05) is 24.5 Å². The van der Waals surface area contributed by atoms with Crippen LogP contribution in [0.15, 0.2) is 67.3 Å². The molecule has 0 saturated carbocycles. The normalized spacial score (nSPS) is 10.7. The lowest BCUT2D eigenvalue weighted by Crippen LogP contribution is -2.17. The molecular formula is C20H23N3O. The van der Waals surface area contributed by atoms with Crippen molar-refractivity contribution in [3.05, 3.63) is 83.9 Å². The Kier molecular flexibility index (Phi) is 5.64. The van der Waals surface area contributed by atoms with Crippen LogP contribution in [0.25, 0.3) is 0 Å². The standard InChI is InChI=1S/C20H23N3O/c1-24-20-8-7-18(13-19(20)15-23-12-11-22-16-23)14-21-10-9-17-5-3-2-4-6-17/h2-8,11-13,16,21H,9-10,14-15H2,1H3. The largest absolute Gasteiger partial charge is 0.496 e. The molecule has 0 atom stereocenters. The third-order valence-electron chi connectivity index (χ3n) is 4.02. The molecule has 1 N–H and O–H groups in total. The molecule has 0 saturated heterocycles. The van der Waals surface area contributed by atoms with Gasteiger partial charge in [0.25, 0.3) is 0 Å². The quantitative estimate of drug-likeness (QED) is 0.647. The Morgan fingerprint density at radius 2 is 1.96 bits per heavy atom. The molecule has 24 heavy (non-hydrogen) atoms. The van der Waals surface area contributed by atoms with Gasteiger partial charge in [-0.2, -0.15) is 0 Å². The van der Waals surface area contributed by atoms with Gasteiger partial charge in [-0.05, 0) is 36.2 Å². The lowest BCUT2D eigenvalue weighted by Gasteiger charge is -2.12. The Hall–Kier alpha value is -2.59. The highest BCUT2D eigenvalue weighted by molar-refractivity contribution is 5.37. The van der Waals surface area contributed by atoms with Gasteiger partial charge in [0.15, 0.2) is 0 Å². The first-order chi connectivity index (χ1) is 11.8. The number of nitrogens with one attached hydrogen (secondary N) is 1. The molecular weight excluding hydrogens is 298 g/mol. The summed E-state index contributed by atoms with van der Waals surface area (Å²) >= 11 is 0. The number of imidazole rings is 1. The molecule has 0 radical (unpaired) electrons. The van der Waals surface area contributed by atoms with Crippen LogP contribution in [-0.4, -0.2) is 23.2 Å². The molecule has 0 amide bonds. The van der Waals surface area contributed by atoms with Gasteiger partial charge >= 0.3 is 0 Å². The molecule has 4 heteroatoms. The van der Waals surface area contributed by atoms with Crippen molar-refractivity contribution >= 4 is 0 Å². The molecule has 0 unspecified atom stereocenters. The zero-order valence-corrected chi connectivity index (χ0v) is 14.0.